The lowest BCUT2D eigenvalue weighted by Gasteiger charge is -2.27. The van der Waals surface area contributed by atoms with Gasteiger partial charge in [-0.25, -0.2) is 0 Å². The smallest absolute Gasteiger partial charge is 0.235 e. The molecule has 0 aromatic heterocycles. The summed E-state index contributed by atoms with van der Waals surface area (Å²) >= 11 is 0. The summed E-state index contributed by atoms with van der Waals surface area (Å²) in [7, 11) is 1.68. The maximum Gasteiger partial charge on any atom is 0.235 e. The molecule has 5 nitrogen and oxygen atoms in total. The molecule has 0 saturated heterocycles. The van der Waals surface area contributed by atoms with Crippen LogP contribution in [0.3, 0.4) is 0 Å². The molecular formula is C12H27N3O2. The predicted molar refractivity (Wildman–Crippen MR) is 69.8 cm³/mol. The van der Waals surface area contributed by atoms with Gasteiger partial charge in [0.25, 0.3) is 0 Å². The number of hydrogen-bond donors (Lipinski definition) is 2. The summed E-state index contributed by atoms with van der Waals surface area (Å²) in [5.74, 6) is 0.264. The minimum Gasteiger partial charge on any atom is -0.383 e. The number of carbonyl (C=O) groups excluding carboxylic acids is 1. The van der Waals surface area contributed by atoms with Crippen LogP contribution in [-0.2, 0) is 9.53 Å². The van der Waals surface area contributed by atoms with Crippen LogP contribution in [-0.4, -0.2) is 56.7 Å². The molecule has 0 spiro atoms. The third-order valence-electron chi connectivity index (χ3n) is 2.47. The molecule has 1 atom stereocenters. The summed E-state index contributed by atoms with van der Waals surface area (Å²) in [5, 5.41) is 3.11. The van der Waals surface area contributed by atoms with Gasteiger partial charge in [0, 0.05) is 26.7 Å². The third kappa shape index (κ3) is 8.12. The van der Waals surface area contributed by atoms with Crippen molar-refractivity contribution in [2.75, 3.05) is 39.9 Å². The van der Waals surface area contributed by atoms with Gasteiger partial charge < -0.3 is 15.8 Å². The number of primary amides is 1. The molecule has 0 aromatic rings. The summed E-state index contributed by atoms with van der Waals surface area (Å²) < 4.78 is 5.08. The lowest BCUT2D eigenvalue weighted by atomic mass is 10.2. The fourth-order valence-corrected chi connectivity index (χ4v) is 1.75. The number of nitrogens with one attached hydrogen (secondary N) is 1. The Kier molecular flexibility index (Phi) is 9.03. The fraction of sp³-hybridized carbons (Fsp3) is 0.917. The molecule has 0 aromatic carbocycles. The first kappa shape index (κ1) is 16.4. The Bertz CT molecular complexity index is 210. The molecular weight excluding hydrogens is 218 g/mol. The number of rotatable bonds is 10. The fourth-order valence-electron chi connectivity index (χ4n) is 1.75. The van der Waals surface area contributed by atoms with Gasteiger partial charge in [-0.2, -0.15) is 0 Å². The lowest BCUT2D eigenvalue weighted by Crippen LogP contribution is -2.50. The average Bonchev–Trinajstić information content (AvgIpc) is 2.24. The molecule has 0 bridgehead atoms. The van der Waals surface area contributed by atoms with E-state index < -0.39 is 0 Å². The van der Waals surface area contributed by atoms with E-state index in [1.807, 2.05) is 6.92 Å². The van der Waals surface area contributed by atoms with Gasteiger partial charge in [0.15, 0.2) is 0 Å². The van der Waals surface area contributed by atoms with E-state index in [9.17, 15) is 4.79 Å². The minimum absolute atomic E-state index is 0.282. The van der Waals surface area contributed by atoms with E-state index in [1.165, 1.54) is 0 Å². The van der Waals surface area contributed by atoms with E-state index in [2.05, 4.69) is 24.1 Å². The van der Waals surface area contributed by atoms with Crippen LogP contribution in [0.1, 0.15) is 20.8 Å². The van der Waals surface area contributed by atoms with Crippen molar-refractivity contribution in [2.24, 2.45) is 11.7 Å². The second-order valence-electron chi connectivity index (χ2n) is 4.66. The quantitative estimate of drug-likeness (QED) is 0.571. The van der Waals surface area contributed by atoms with Crippen molar-refractivity contribution in [3.8, 4) is 0 Å². The van der Waals surface area contributed by atoms with Crippen LogP contribution >= 0.6 is 0 Å². The molecule has 0 fully saturated rings. The Morgan fingerprint density at radius 1 is 1.41 bits per heavy atom. The first-order valence-corrected chi connectivity index (χ1v) is 6.25. The number of carbonyl (C=O) groups is 1. The molecule has 5 heteroatoms. The van der Waals surface area contributed by atoms with Gasteiger partial charge in [-0.1, -0.05) is 20.8 Å². The second kappa shape index (κ2) is 9.39. The Labute approximate surface area is 105 Å². The number of amides is 1. The molecule has 0 aliphatic heterocycles. The highest BCUT2D eigenvalue weighted by Gasteiger charge is 2.18. The average molecular weight is 245 g/mol. The molecule has 0 heterocycles. The van der Waals surface area contributed by atoms with Gasteiger partial charge in [-0.05, 0) is 12.5 Å². The summed E-state index contributed by atoms with van der Waals surface area (Å²) in [4.78, 5) is 13.5. The zero-order valence-corrected chi connectivity index (χ0v) is 11.5. The summed E-state index contributed by atoms with van der Waals surface area (Å²) in [6.45, 7) is 10.1. The van der Waals surface area contributed by atoms with Gasteiger partial charge in [0.1, 0.15) is 0 Å². The monoisotopic (exact) mass is 245 g/mol. The molecule has 0 aliphatic rings. The number of nitrogens with two attached hydrogens (primary N) is 1. The molecule has 3 N–H and O–H groups in total. The molecule has 102 valence electrons. The maximum absolute atomic E-state index is 11.3. The first-order chi connectivity index (χ1) is 8.01. The van der Waals surface area contributed by atoms with Crippen LogP contribution in [0.15, 0.2) is 0 Å². The highest BCUT2D eigenvalue weighted by Crippen LogP contribution is 2.00. The van der Waals surface area contributed by atoms with E-state index >= 15 is 0 Å². The van der Waals surface area contributed by atoms with E-state index in [4.69, 9.17) is 10.5 Å². The Morgan fingerprint density at radius 3 is 2.47 bits per heavy atom. The molecule has 0 saturated carbocycles. The van der Waals surface area contributed by atoms with Crippen molar-refractivity contribution in [1.29, 1.82) is 0 Å². The first-order valence-electron chi connectivity index (χ1n) is 6.25. The third-order valence-corrected chi connectivity index (χ3v) is 2.47. The normalized spacial score (nSPS) is 13.3. The van der Waals surface area contributed by atoms with Crippen LogP contribution in [0.2, 0.25) is 0 Å². The standard InChI is InChI=1S/C12H27N3O2/c1-5-14-11(12(13)16)9-15(6-7-17-4)8-10(2)3/h10-11,14H,5-9H2,1-4H3,(H2,13,16). The number of ether oxygens (including phenoxy) is 1. The molecule has 0 aliphatic carbocycles. The molecule has 1 amide bonds. The van der Waals surface area contributed by atoms with E-state index in [0.29, 0.717) is 19.1 Å². The summed E-state index contributed by atoms with van der Waals surface area (Å²) in [6.07, 6.45) is 0. The zero-order chi connectivity index (χ0) is 13.3. The van der Waals surface area contributed by atoms with Gasteiger partial charge in [-0.3, -0.25) is 9.69 Å². The lowest BCUT2D eigenvalue weighted by molar-refractivity contribution is -0.120. The minimum atomic E-state index is -0.293. The number of nitrogens with zero attached hydrogens (tertiary/aromatic N) is 1. The van der Waals surface area contributed by atoms with Crippen LogP contribution in [0.5, 0.6) is 0 Å². The molecule has 1 unspecified atom stereocenters. The topological polar surface area (TPSA) is 67.6 Å². The molecule has 0 rings (SSSR count). The van der Waals surface area contributed by atoms with Crippen LogP contribution in [0.4, 0.5) is 0 Å². The maximum atomic E-state index is 11.3. The Balaban J connectivity index is 4.29. The van der Waals surface area contributed by atoms with Gasteiger partial charge in [-0.15, -0.1) is 0 Å². The van der Waals surface area contributed by atoms with E-state index in [1.54, 1.807) is 7.11 Å². The molecule has 17 heavy (non-hydrogen) atoms. The van der Waals surface area contributed by atoms with Crippen LogP contribution in [0, 0.1) is 5.92 Å². The summed E-state index contributed by atoms with van der Waals surface area (Å²) in [6, 6.07) is -0.282. The van der Waals surface area contributed by atoms with Crippen molar-refractivity contribution in [1.82, 2.24) is 10.2 Å². The number of likely N-dealkylation sites (N-methyl/N-ethyl adjacent to an activating group) is 1. The largest absolute Gasteiger partial charge is 0.383 e. The highest BCUT2D eigenvalue weighted by atomic mass is 16.5. The highest BCUT2D eigenvalue weighted by molar-refractivity contribution is 5.80. The number of methoxy groups -OCH3 is 1. The SMILES string of the molecule is CCNC(CN(CCOC)CC(C)C)C(N)=O. The Morgan fingerprint density at radius 2 is 2.06 bits per heavy atom. The van der Waals surface area contributed by atoms with Crippen molar-refractivity contribution in [2.45, 2.75) is 26.8 Å². The second-order valence-corrected chi connectivity index (χ2v) is 4.66. The van der Waals surface area contributed by atoms with Gasteiger partial charge in [0.05, 0.1) is 12.6 Å². The van der Waals surface area contributed by atoms with Crippen LogP contribution in [0.25, 0.3) is 0 Å². The Hall–Kier alpha value is -0.650. The van der Waals surface area contributed by atoms with Crippen molar-refractivity contribution >= 4 is 5.91 Å². The van der Waals surface area contributed by atoms with Gasteiger partial charge in [0.2, 0.25) is 5.91 Å². The summed E-state index contributed by atoms with van der Waals surface area (Å²) in [5.41, 5.74) is 5.37. The predicted octanol–water partition coefficient (Wildman–Crippen LogP) is 0.0542. The van der Waals surface area contributed by atoms with Crippen LogP contribution < -0.4 is 11.1 Å². The zero-order valence-electron chi connectivity index (χ0n) is 11.5. The van der Waals surface area contributed by atoms with Crippen molar-refractivity contribution in [3.63, 3.8) is 0 Å². The number of hydrogen-bond acceptors (Lipinski definition) is 4. The van der Waals surface area contributed by atoms with Crippen molar-refractivity contribution < 1.29 is 9.53 Å². The van der Waals surface area contributed by atoms with E-state index in [0.717, 1.165) is 19.6 Å². The molecule has 0 radical (unpaired) electrons. The van der Waals surface area contributed by atoms with Crippen molar-refractivity contribution in [3.05, 3.63) is 0 Å². The van der Waals surface area contributed by atoms with E-state index in [-0.39, 0.29) is 11.9 Å². The van der Waals surface area contributed by atoms with Gasteiger partial charge >= 0.3 is 0 Å².